The Hall–Kier alpha value is -0.450. The van der Waals surface area contributed by atoms with Crippen LogP contribution in [0.15, 0.2) is 15.9 Å². The molecule has 0 radical (unpaired) electrons. The van der Waals surface area contributed by atoms with Gasteiger partial charge < -0.3 is 0 Å². The highest BCUT2D eigenvalue weighted by molar-refractivity contribution is 9.11. The molecule has 0 aliphatic rings. The fraction of sp³-hybridized carbons (Fsp3) is 0.640. The quantitative estimate of drug-likeness (QED) is 0.167. The highest BCUT2D eigenvalue weighted by Crippen LogP contribution is 2.40. The third-order valence-electron chi connectivity index (χ3n) is 5.55. The van der Waals surface area contributed by atoms with Crippen molar-refractivity contribution in [1.29, 1.82) is 0 Å². The Morgan fingerprint density at radius 3 is 1.79 bits per heavy atom. The molecule has 0 saturated heterocycles. The van der Waals surface area contributed by atoms with E-state index in [-0.39, 0.29) is 0 Å². The van der Waals surface area contributed by atoms with Gasteiger partial charge in [-0.25, -0.2) is 0 Å². The van der Waals surface area contributed by atoms with Gasteiger partial charge in [0.2, 0.25) is 0 Å². The molecule has 0 amide bonds. The van der Waals surface area contributed by atoms with Gasteiger partial charge in [-0.15, -0.1) is 22.7 Å². The summed E-state index contributed by atoms with van der Waals surface area (Å²) in [5, 5.41) is 0. The molecule has 0 aliphatic heterocycles. The minimum atomic E-state index is 0.926. The molecule has 0 aliphatic carbocycles. The van der Waals surface area contributed by atoms with E-state index in [4.69, 9.17) is 0 Å². The van der Waals surface area contributed by atoms with E-state index < -0.39 is 0 Å². The number of halogens is 1. The van der Waals surface area contributed by atoms with Crippen LogP contribution in [0.5, 0.6) is 0 Å². The lowest BCUT2D eigenvalue weighted by atomic mass is 10.0. The second kappa shape index (κ2) is 14.5. The van der Waals surface area contributed by atoms with Crippen LogP contribution in [-0.2, 0) is 12.8 Å². The van der Waals surface area contributed by atoms with E-state index in [2.05, 4.69) is 41.9 Å². The predicted octanol–water partition coefficient (Wildman–Crippen LogP) is 9.86. The van der Waals surface area contributed by atoms with Crippen molar-refractivity contribution in [2.24, 2.45) is 0 Å². The topological polar surface area (TPSA) is 17.1 Å². The van der Waals surface area contributed by atoms with E-state index in [1.165, 1.54) is 102 Å². The number of aryl methyl sites for hydroxylation is 2. The van der Waals surface area contributed by atoms with Crippen LogP contribution in [0.2, 0.25) is 0 Å². The summed E-state index contributed by atoms with van der Waals surface area (Å²) in [5.41, 5.74) is 2.68. The largest absolute Gasteiger partial charge is 0.297 e. The fourth-order valence-electron chi connectivity index (χ4n) is 3.75. The van der Waals surface area contributed by atoms with Crippen molar-refractivity contribution in [1.82, 2.24) is 0 Å². The van der Waals surface area contributed by atoms with Gasteiger partial charge in [0.05, 0.1) is 8.66 Å². The van der Waals surface area contributed by atoms with Crippen molar-refractivity contribution >= 4 is 44.9 Å². The summed E-state index contributed by atoms with van der Waals surface area (Å²) in [5.74, 6) is 0. The molecule has 4 heteroatoms. The Bertz CT molecular complexity index is 716. The molecular formula is C25H37BrOS2. The first-order chi connectivity index (χ1) is 14.2. The van der Waals surface area contributed by atoms with Crippen LogP contribution in [-0.4, -0.2) is 6.29 Å². The molecule has 0 saturated carbocycles. The lowest BCUT2D eigenvalue weighted by molar-refractivity contribution is 0.112. The average Bonchev–Trinajstić information content (AvgIpc) is 3.30. The van der Waals surface area contributed by atoms with E-state index in [1.54, 1.807) is 11.3 Å². The van der Waals surface area contributed by atoms with Crippen molar-refractivity contribution in [3.05, 3.63) is 31.9 Å². The van der Waals surface area contributed by atoms with Crippen LogP contribution in [0.4, 0.5) is 0 Å². The standard InChI is InChI=1S/C25H37BrOS2/c1-3-5-7-9-11-13-15-20-17-22(28-24(20)19-27)23-18-21(25(26)29-23)16-14-12-10-8-6-4-2/h17-19H,3-16H2,1-2H3. The molecule has 2 aromatic rings. The first kappa shape index (κ1) is 24.8. The van der Waals surface area contributed by atoms with Gasteiger partial charge in [0.1, 0.15) is 0 Å². The van der Waals surface area contributed by atoms with Crippen molar-refractivity contribution in [2.75, 3.05) is 0 Å². The molecule has 0 aromatic carbocycles. The monoisotopic (exact) mass is 496 g/mol. The molecule has 0 bridgehead atoms. The zero-order chi connectivity index (χ0) is 20.9. The summed E-state index contributed by atoms with van der Waals surface area (Å²) < 4.78 is 1.26. The summed E-state index contributed by atoms with van der Waals surface area (Å²) >= 11 is 7.26. The zero-order valence-corrected chi connectivity index (χ0v) is 21.5. The van der Waals surface area contributed by atoms with Gasteiger partial charge in [0, 0.05) is 9.75 Å². The molecule has 0 atom stereocenters. The number of carbonyl (C=O) groups is 1. The molecule has 0 spiro atoms. The van der Waals surface area contributed by atoms with Crippen LogP contribution in [0.3, 0.4) is 0 Å². The predicted molar refractivity (Wildman–Crippen MR) is 135 cm³/mol. The SMILES string of the molecule is CCCCCCCCc1cc(-c2cc(CCCCCCCC)c(C=O)s2)sc1Br. The van der Waals surface area contributed by atoms with E-state index in [9.17, 15) is 4.79 Å². The van der Waals surface area contributed by atoms with Gasteiger partial charge in [-0.3, -0.25) is 4.79 Å². The van der Waals surface area contributed by atoms with Crippen molar-refractivity contribution in [2.45, 2.75) is 104 Å². The van der Waals surface area contributed by atoms with Crippen LogP contribution >= 0.6 is 38.6 Å². The first-order valence-corrected chi connectivity index (χ1v) is 14.0. The number of unbranched alkanes of at least 4 members (excludes halogenated alkanes) is 10. The number of hydrogen-bond donors (Lipinski definition) is 0. The summed E-state index contributed by atoms with van der Waals surface area (Å²) in [4.78, 5) is 15.1. The van der Waals surface area contributed by atoms with E-state index in [0.29, 0.717) is 0 Å². The number of rotatable bonds is 16. The zero-order valence-electron chi connectivity index (χ0n) is 18.2. The summed E-state index contributed by atoms with van der Waals surface area (Å²) in [6.45, 7) is 4.52. The fourth-order valence-corrected chi connectivity index (χ4v) is 6.62. The molecule has 1 nitrogen and oxygen atoms in total. The van der Waals surface area contributed by atoms with Gasteiger partial charge in [-0.1, -0.05) is 78.1 Å². The summed E-state index contributed by atoms with van der Waals surface area (Å²) in [6.07, 6.45) is 19.0. The molecule has 2 aromatic heterocycles. The van der Waals surface area contributed by atoms with Crippen molar-refractivity contribution in [3.63, 3.8) is 0 Å². The van der Waals surface area contributed by atoms with Gasteiger partial charge in [0.15, 0.2) is 6.29 Å². The molecule has 162 valence electrons. The number of hydrogen-bond acceptors (Lipinski definition) is 3. The third kappa shape index (κ3) is 8.67. The number of thiophene rings is 2. The van der Waals surface area contributed by atoms with Crippen LogP contribution in [0, 0.1) is 0 Å². The molecule has 0 N–H and O–H groups in total. The van der Waals surface area contributed by atoms with Crippen LogP contribution in [0.25, 0.3) is 9.75 Å². The van der Waals surface area contributed by atoms with Gasteiger partial charge in [-0.2, -0.15) is 0 Å². The molecule has 0 fully saturated rings. The van der Waals surface area contributed by atoms with E-state index in [1.807, 2.05) is 11.3 Å². The summed E-state index contributed by atoms with van der Waals surface area (Å²) in [7, 11) is 0. The smallest absolute Gasteiger partial charge is 0.160 e. The second-order valence-electron chi connectivity index (χ2n) is 8.06. The lowest BCUT2D eigenvalue weighted by Crippen LogP contribution is -1.88. The third-order valence-corrected chi connectivity index (χ3v) is 8.81. The molecular weight excluding hydrogens is 460 g/mol. The Morgan fingerprint density at radius 2 is 1.21 bits per heavy atom. The highest BCUT2D eigenvalue weighted by atomic mass is 79.9. The lowest BCUT2D eigenvalue weighted by Gasteiger charge is -2.00. The van der Waals surface area contributed by atoms with Gasteiger partial charge in [0.25, 0.3) is 0 Å². The molecule has 0 unspecified atom stereocenters. The second-order valence-corrected chi connectivity index (χ2v) is 11.5. The van der Waals surface area contributed by atoms with Gasteiger partial charge in [-0.05, 0) is 64.9 Å². The van der Waals surface area contributed by atoms with Crippen molar-refractivity contribution < 1.29 is 4.79 Å². The molecule has 2 rings (SSSR count). The van der Waals surface area contributed by atoms with E-state index in [0.717, 1.165) is 24.0 Å². The maximum Gasteiger partial charge on any atom is 0.160 e. The Morgan fingerprint density at radius 1 is 0.724 bits per heavy atom. The summed E-state index contributed by atoms with van der Waals surface area (Å²) in [6, 6.07) is 4.61. The average molecular weight is 498 g/mol. The van der Waals surface area contributed by atoms with Crippen LogP contribution < -0.4 is 0 Å². The highest BCUT2D eigenvalue weighted by Gasteiger charge is 2.14. The minimum Gasteiger partial charge on any atom is -0.297 e. The Kier molecular flexibility index (Phi) is 12.4. The maximum atomic E-state index is 11.6. The molecule has 29 heavy (non-hydrogen) atoms. The van der Waals surface area contributed by atoms with E-state index >= 15 is 0 Å². The Labute approximate surface area is 194 Å². The minimum absolute atomic E-state index is 0.926. The number of aldehydes is 1. The van der Waals surface area contributed by atoms with Crippen molar-refractivity contribution in [3.8, 4) is 9.75 Å². The maximum absolute atomic E-state index is 11.6. The molecule has 2 heterocycles. The first-order valence-electron chi connectivity index (χ1n) is 11.6. The van der Waals surface area contributed by atoms with Gasteiger partial charge >= 0.3 is 0 Å². The normalized spacial score (nSPS) is 11.3. The number of carbonyl (C=O) groups excluding carboxylic acids is 1. The van der Waals surface area contributed by atoms with Crippen LogP contribution in [0.1, 0.15) is 112 Å². The Balaban J connectivity index is 1.89.